The van der Waals surface area contributed by atoms with E-state index in [2.05, 4.69) is 11.4 Å². The van der Waals surface area contributed by atoms with Gasteiger partial charge in [0.1, 0.15) is 0 Å². The minimum atomic E-state index is 0.0901. The van der Waals surface area contributed by atoms with Crippen LogP contribution in [0.1, 0.15) is 61.7 Å². The second-order valence-corrected chi connectivity index (χ2v) is 7.67. The van der Waals surface area contributed by atoms with Gasteiger partial charge in [-0.1, -0.05) is 37.8 Å². The van der Waals surface area contributed by atoms with Crippen molar-refractivity contribution in [3.05, 3.63) is 29.8 Å². The zero-order valence-corrected chi connectivity index (χ0v) is 14.6. The van der Waals surface area contributed by atoms with Gasteiger partial charge >= 0.3 is 0 Å². The lowest BCUT2D eigenvalue weighted by Gasteiger charge is -2.18. The number of hydrogen-bond acceptors (Lipinski definition) is 3. The molecule has 1 aromatic carbocycles. The lowest BCUT2D eigenvalue weighted by Crippen LogP contribution is -2.34. The Morgan fingerprint density at radius 1 is 1.09 bits per heavy atom. The second-order valence-electron chi connectivity index (χ2n) is 6.60. The van der Waals surface area contributed by atoms with E-state index in [0.717, 1.165) is 48.5 Å². The third-order valence-electron chi connectivity index (χ3n) is 4.77. The van der Waals surface area contributed by atoms with Crippen LogP contribution >= 0.6 is 11.8 Å². The molecule has 0 bridgehead atoms. The van der Waals surface area contributed by atoms with Crippen molar-refractivity contribution in [2.75, 3.05) is 12.4 Å². The number of ether oxygens (including phenoxy) is 1. The van der Waals surface area contributed by atoms with Crippen LogP contribution < -0.4 is 5.32 Å². The SMILES string of the molecule is O=C(NC1CCCCCC1)c1ccccc1SC[C@@H]1CCCO1. The largest absolute Gasteiger partial charge is 0.377 e. The van der Waals surface area contributed by atoms with E-state index in [0.29, 0.717) is 12.1 Å². The first kappa shape index (κ1) is 16.8. The highest BCUT2D eigenvalue weighted by Gasteiger charge is 2.20. The van der Waals surface area contributed by atoms with Crippen LogP contribution in [0.2, 0.25) is 0 Å². The zero-order chi connectivity index (χ0) is 15.9. The third kappa shape index (κ3) is 4.98. The topological polar surface area (TPSA) is 38.3 Å². The molecule has 0 radical (unpaired) electrons. The maximum atomic E-state index is 12.7. The number of carbonyl (C=O) groups excluding carboxylic acids is 1. The summed E-state index contributed by atoms with van der Waals surface area (Å²) in [5, 5.41) is 3.26. The average molecular weight is 333 g/mol. The summed E-state index contributed by atoms with van der Waals surface area (Å²) in [4.78, 5) is 13.8. The normalized spacial score (nSPS) is 22.7. The van der Waals surface area contributed by atoms with Crippen LogP contribution in [0.4, 0.5) is 0 Å². The van der Waals surface area contributed by atoms with Crippen LogP contribution in [0.15, 0.2) is 29.2 Å². The molecule has 1 aliphatic carbocycles. The van der Waals surface area contributed by atoms with Crippen LogP contribution in [-0.4, -0.2) is 30.4 Å². The molecule has 126 valence electrons. The van der Waals surface area contributed by atoms with E-state index in [1.807, 2.05) is 18.2 Å². The predicted molar refractivity (Wildman–Crippen MR) is 95.1 cm³/mol. The molecule has 3 rings (SSSR count). The summed E-state index contributed by atoms with van der Waals surface area (Å²) in [5.41, 5.74) is 0.819. The van der Waals surface area contributed by atoms with Crippen molar-refractivity contribution in [3.63, 3.8) is 0 Å². The Morgan fingerprint density at radius 2 is 1.87 bits per heavy atom. The van der Waals surface area contributed by atoms with Gasteiger partial charge in [0.15, 0.2) is 0 Å². The highest BCUT2D eigenvalue weighted by atomic mass is 32.2. The summed E-state index contributed by atoms with van der Waals surface area (Å²) in [7, 11) is 0. The van der Waals surface area contributed by atoms with Gasteiger partial charge in [0.25, 0.3) is 5.91 Å². The summed E-state index contributed by atoms with van der Waals surface area (Å²) in [6.07, 6.45) is 9.98. The van der Waals surface area contributed by atoms with Gasteiger partial charge in [-0.2, -0.15) is 0 Å². The van der Waals surface area contributed by atoms with Gasteiger partial charge in [-0.05, 0) is 37.8 Å². The van der Waals surface area contributed by atoms with Crippen LogP contribution in [-0.2, 0) is 4.74 Å². The molecule has 4 heteroatoms. The molecule has 0 unspecified atom stereocenters. The molecule has 2 fully saturated rings. The van der Waals surface area contributed by atoms with Crippen molar-refractivity contribution in [3.8, 4) is 0 Å². The number of benzene rings is 1. The van der Waals surface area contributed by atoms with Gasteiger partial charge in [-0.3, -0.25) is 4.79 Å². The molecule has 2 aliphatic rings. The average Bonchev–Trinajstić information content (AvgIpc) is 2.97. The Kier molecular flexibility index (Phi) is 6.40. The lowest BCUT2D eigenvalue weighted by molar-refractivity contribution is 0.0930. The van der Waals surface area contributed by atoms with Gasteiger partial charge in [0.05, 0.1) is 11.7 Å². The van der Waals surface area contributed by atoms with Crippen LogP contribution in [0, 0.1) is 0 Å². The molecule has 1 heterocycles. The summed E-state index contributed by atoms with van der Waals surface area (Å²) < 4.78 is 5.69. The van der Waals surface area contributed by atoms with Crippen LogP contribution in [0.25, 0.3) is 0 Å². The molecule has 0 aromatic heterocycles. The van der Waals surface area contributed by atoms with Crippen molar-refractivity contribution in [2.24, 2.45) is 0 Å². The van der Waals surface area contributed by atoms with Gasteiger partial charge in [0, 0.05) is 23.3 Å². The molecule has 3 nitrogen and oxygen atoms in total. The van der Waals surface area contributed by atoms with Crippen molar-refractivity contribution in [2.45, 2.75) is 68.4 Å². The van der Waals surface area contributed by atoms with E-state index in [-0.39, 0.29) is 5.91 Å². The standard InChI is InChI=1S/C19H27NO2S/c21-19(20-15-8-3-1-2-4-9-15)17-11-5-6-12-18(17)23-14-16-10-7-13-22-16/h5-6,11-12,15-16H,1-4,7-10,13-14H2,(H,20,21)/t16-/m0/s1. The van der Waals surface area contributed by atoms with Gasteiger partial charge in [0.2, 0.25) is 0 Å². The quantitative estimate of drug-likeness (QED) is 0.641. The fourth-order valence-electron chi connectivity index (χ4n) is 3.43. The third-order valence-corrected chi connectivity index (χ3v) is 5.98. The van der Waals surface area contributed by atoms with E-state index >= 15 is 0 Å². The lowest BCUT2D eigenvalue weighted by atomic mass is 10.1. The number of amides is 1. The Hall–Kier alpha value is -1.00. The zero-order valence-electron chi connectivity index (χ0n) is 13.8. The van der Waals surface area contributed by atoms with E-state index in [1.54, 1.807) is 11.8 Å². The van der Waals surface area contributed by atoms with E-state index in [4.69, 9.17) is 4.74 Å². The van der Waals surface area contributed by atoms with E-state index in [1.165, 1.54) is 25.7 Å². The van der Waals surface area contributed by atoms with Crippen LogP contribution in [0.3, 0.4) is 0 Å². The first-order valence-corrected chi connectivity index (χ1v) is 9.96. The summed E-state index contributed by atoms with van der Waals surface area (Å²) in [6, 6.07) is 8.32. The maximum Gasteiger partial charge on any atom is 0.252 e. The highest BCUT2D eigenvalue weighted by Crippen LogP contribution is 2.27. The second kappa shape index (κ2) is 8.74. The first-order valence-electron chi connectivity index (χ1n) is 8.97. The van der Waals surface area contributed by atoms with Crippen molar-refractivity contribution in [1.82, 2.24) is 5.32 Å². The molecule has 23 heavy (non-hydrogen) atoms. The number of thioether (sulfide) groups is 1. The number of hydrogen-bond donors (Lipinski definition) is 1. The highest BCUT2D eigenvalue weighted by molar-refractivity contribution is 7.99. The predicted octanol–water partition coefficient (Wildman–Crippen LogP) is 4.41. The molecule has 1 N–H and O–H groups in total. The summed E-state index contributed by atoms with van der Waals surface area (Å²) in [6.45, 7) is 0.884. The fraction of sp³-hybridized carbons (Fsp3) is 0.632. The monoisotopic (exact) mass is 333 g/mol. The molecule has 0 spiro atoms. The molecule has 1 saturated heterocycles. The Labute approximate surface area is 143 Å². The first-order chi connectivity index (χ1) is 11.3. The number of nitrogens with one attached hydrogen (secondary N) is 1. The van der Waals surface area contributed by atoms with Gasteiger partial charge < -0.3 is 10.1 Å². The molecule has 1 saturated carbocycles. The molecule has 1 atom stereocenters. The minimum Gasteiger partial charge on any atom is -0.377 e. The minimum absolute atomic E-state index is 0.0901. The Bertz CT molecular complexity index is 506. The fourth-order valence-corrected chi connectivity index (χ4v) is 4.54. The van der Waals surface area contributed by atoms with E-state index < -0.39 is 0 Å². The Morgan fingerprint density at radius 3 is 2.61 bits per heavy atom. The van der Waals surface area contributed by atoms with Crippen molar-refractivity contribution < 1.29 is 9.53 Å². The maximum absolute atomic E-state index is 12.7. The molecule has 1 aromatic rings. The Balaban J connectivity index is 1.60. The molecular weight excluding hydrogens is 306 g/mol. The van der Waals surface area contributed by atoms with Gasteiger partial charge in [-0.15, -0.1) is 11.8 Å². The number of carbonyl (C=O) groups is 1. The molecule has 1 amide bonds. The van der Waals surface area contributed by atoms with Gasteiger partial charge in [-0.25, -0.2) is 0 Å². The smallest absolute Gasteiger partial charge is 0.252 e. The molecule has 1 aliphatic heterocycles. The molecular formula is C19H27NO2S. The summed E-state index contributed by atoms with van der Waals surface area (Å²) >= 11 is 1.75. The summed E-state index contributed by atoms with van der Waals surface area (Å²) in [5.74, 6) is 1.03. The van der Waals surface area contributed by atoms with Crippen molar-refractivity contribution in [1.29, 1.82) is 0 Å². The van der Waals surface area contributed by atoms with E-state index in [9.17, 15) is 4.79 Å². The number of rotatable bonds is 5. The van der Waals surface area contributed by atoms with Crippen LogP contribution in [0.5, 0.6) is 0 Å². The van der Waals surface area contributed by atoms with Crippen molar-refractivity contribution >= 4 is 17.7 Å².